The molecule has 0 radical (unpaired) electrons. The summed E-state index contributed by atoms with van der Waals surface area (Å²) in [5.74, 6) is -0.0295. The summed E-state index contributed by atoms with van der Waals surface area (Å²) in [4.78, 5) is 14.2. The lowest BCUT2D eigenvalue weighted by Gasteiger charge is -2.14. The molecule has 0 bridgehead atoms. The summed E-state index contributed by atoms with van der Waals surface area (Å²) < 4.78 is 0.625. The molecule has 0 atom stereocenters. The smallest absolute Gasteiger partial charge is 0.264 e. The molecule has 1 amide bonds. The molecule has 16 heavy (non-hydrogen) atoms. The first kappa shape index (κ1) is 11.2. The third kappa shape index (κ3) is 2.43. The van der Waals surface area contributed by atoms with Crippen molar-refractivity contribution >= 4 is 28.8 Å². The van der Waals surface area contributed by atoms with Gasteiger partial charge in [0.25, 0.3) is 5.91 Å². The molecule has 0 aliphatic carbocycles. The minimum atomic E-state index is -0.0295. The van der Waals surface area contributed by atoms with E-state index in [0.29, 0.717) is 15.8 Å². The van der Waals surface area contributed by atoms with E-state index < -0.39 is 0 Å². The summed E-state index contributed by atoms with van der Waals surface area (Å²) in [5.41, 5.74) is 0.971. The highest BCUT2D eigenvalue weighted by molar-refractivity contribution is 7.17. The molecule has 6 heteroatoms. The number of halogens is 1. The fourth-order valence-electron chi connectivity index (χ4n) is 1.33. The van der Waals surface area contributed by atoms with E-state index in [-0.39, 0.29) is 5.91 Å². The van der Waals surface area contributed by atoms with Gasteiger partial charge in [-0.25, -0.2) is 0 Å². The number of hydrogen-bond acceptors (Lipinski definition) is 3. The molecule has 2 aromatic rings. The third-order valence-electron chi connectivity index (χ3n) is 2.11. The minimum Gasteiger partial charge on any atom is -0.337 e. The fourth-order valence-corrected chi connectivity index (χ4v) is 2.36. The zero-order chi connectivity index (χ0) is 11.5. The number of carbonyl (C=O) groups is 1. The van der Waals surface area contributed by atoms with E-state index >= 15 is 0 Å². The number of thiophene rings is 1. The number of nitrogens with one attached hydrogen (secondary N) is 1. The van der Waals surface area contributed by atoms with Crippen LogP contribution in [0, 0.1) is 0 Å². The number of carbonyl (C=O) groups excluding carboxylic acids is 1. The summed E-state index contributed by atoms with van der Waals surface area (Å²) >= 11 is 7.07. The van der Waals surface area contributed by atoms with Crippen molar-refractivity contribution in [1.82, 2.24) is 15.1 Å². The van der Waals surface area contributed by atoms with Crippen molar-refractivity contribution in [1.29, 1.82) is 0 Å². The number of hydrogen-bond donors (Lipinski definition) is 1. The number of aromatic nitrogens is 2. The molecule has 2 heterocycles. The molecular weight excluding hydrogens is 246 g/mol. The van der Waals surface area contributed by atoms with Crippen molar-refractivity contribution in [3.8, 4) is 0 Å². The second-order valence-electron chi connectivity index (χ2n) is 3.37. The zero-order valence-electron chi connectivity index (χ0n) is 8.61. The van der Waals surface area contributed by atoms with E-state index in [4.69, 9.17) is 11.6 Å². The molecule has 0 aromatic carbocycles. The van der Waals surface area contributed by atoms with Gasteiger partial charge >= 0.3 is 0 Å². The Morgan fingerprint density at radius 3 is 3.00 bits per heavy atom. The molecule has 1 N–H and O–H groups in total. The summed E-state index contributed by atoms with van der Waals surface area (Å²) in [6.45, 7) is 0.533. The predicted molar refractivity (Wildman–Crippen MR) is 63.7 cm³/mol. The van der Waals surface area contributed by atoms with Crippen LogP contribution >= 0.6 is 22.9 Å². The molecule has 84 valence electrons. The van der Waals surface area contributed by atoms with Crippen LogP contribution in [0.25, 0.3) is 0 Å². The van der Waals surface area contributed by atoms with Gasteiger partial charge in [-0.15, -0.1) is 11.3 Å². The Morgan fingerprint density at radius 2 is 2.44 bits per heavy atom. The van der Waals surface area contributed by atoms with Crippen LogP contribution in [-0.4, -0.2) is 28.1 Å². The number of aromatic amines is 1. The maximum Gasteiger partial charge on any atom is 0.264 e. The number of H-pyrrole nitrogens is 1. The number of amides is 1. The van der Waals surface area contributed by atoms with Gasteiger partial charge in [-0.2, -0.15) is 5.10 Å². The summed E-state index contributed by atoms with van der Waals surface area (Å²) in [5, 5.41) is 6.54. The maximum atomic E-state index is 11.9. The zero-order valence-corrected chi connectivity index (χ0v) is 10.2. The van der Waals surface area contributed by atoms with Crippen LogP contribution in [0.5, 0.6) is 0 Å². The SMILES string of the molecule is CN(Cc1cn[nH]c1)C(=O)c1ccc(Cl)s1. The van der Waals surface area contributed by atoms with Gasteiger partial charge in [0, 0.05) is 25.4 Å². The highest BCUT2D eigenvalue weighted by Gasteiger charge is 2.14. The molecule has 0 spiro atoms. The summed E-state index contributed by atoms with van der Waals surface area (Å²) in [6.07, 6.45) is 3.47. The molecule has 0 saturated heterocycles. The van der Waals surface area contributed by atoms with E-state index in [2.05, 4.69) is 10.2 Å². The van der Waals surface area contributed by atoms with Gasteiger partial charge in [-0.05, 0) is 12.1 Å². The van der Waals surface area contributed by atoms with Crippen LogP contribution in [0.4, 0.5) is 0 Å². The maximum absolute atomic E-state index is 11.9. The first-order valence-electron chi connectivity index (χ1n) is 4.65. The molecule has 0 aliphatic rings. The van der Waals surface area contributed by atoms with Gasteiger partial charge < -0.3 is 4.90 Å². The second kappa shape index (κ2) is 4.67. The summed E-state index contributed by atoms with van der Waals surface area (Å²) in [7, 11) is 1.75. The molecular formula is C10H10ClN3OS. The van der Waals surface area contributed by atoms with Crippen LogP contribution in [0.3, 0.4) is 0 Å². The van der Waals surface area contributed by atoms with Crippen molar-refractivity contribution in [2.45, 2.75) is 6.54 Å². The van der Waals surface area contributed by atoms with Crippen molar-refractivity contribution in [3.63, 3.8) is 0 Å². The Bertz CT molecular complexity index is 480. The molecule has 2 aromatic heterocycles. The normalized spacial score (nSPS) is 10.4. The first-order chi connectivity index (χ1) is 7.66. The average molecular weight is 256 g/mol. The lowest BCUT2D eigenvalue weighted by molar-refractivity contribution is 0.0790. The van der Waals surface area contributed by atoms with Gasteiger partial charge in [0.15, 0.2) is 0 Å². The van der Waals surface area contributed by atoms with E-state index in [0.717, 1.165) is 5.56 Å². The molecule has 4 nitrogen and oxygen atoms in total. The van der Waals surface area contributed by atoms with Gasteiger partial charge in [-0.1, -0.05) is 11.6 Å². The molecule has 2 rings (SSSR count). The monoisotopic (exact) mass is 255 g/mol. The Hall–Kier alpha value is -1.33. The van der Waals surface area contributed by atoms with Gasteiger partial charge in [0.1, 0.15) is 0 Å². The first-order valence-corrected chi connectivity index (χ1v) is 5.84. The average Bonchev–Trinajstić information content (AvgIpc) is 2.88. The standard InChI is InChI=1S/C10H10ClN3OS/c1-14(6-7-4-12-13-5-7)10(15)8-2-3-9(11)16-8/h2-5H,6H2,1H3,(H,12,13). The van der Waals surface area contributed by atoms with Crippen LogP contribution < -0.4 is 0 Å². The molecule has 0 aliphatic heterocycles. The fraction of sp³-hybridized carbons (Fsp3) is 0.200. The summed E-state index contributed by atoms with van der Waals surface area (Å²) in [6, 6.07) is 3.46. The van der Waals surface area contributed by atoms with E-state index in [1.165, 1.54) is 11.3 Å². The number of nitrogens with zero attached hydrogens (tertiary/aromatic N) is 2. The third-order valence-corrected chi connectivity index (χ3v) is 3.32. The minimum absolute atomic E-state index is 0.0295. The lowest BCUT2D eigenvalue weighted by Crippen LogP contribution is -2.25. The van der Waals surface area contributed by atoms with Crippen molar-refractivity contribution in [3.05, 3.63) is 39.3 Å². The van der Waals surface area contributed by atoms with Gasteiger partial charge in [0.2, 0.25) is 0 Å². The molecule has 0 saturated carbocycles. The van der Waals surface area contributed by atoms with Crippen LogP contribution in [0.1, 0.15) is 15.2 Å². The van der Waals surface area contributed by atoms with Crippen molar-refractivity contribution in [2.75, 3.05) is 7.05 Å². The Kier molecular flexibility index (Phi) is 3.26. The second-order valence-corrected chi connectivity index (χ2v) is 5.09. The van der Waals surface area contributed by atoms with Gasteiger partial charge in [0.05, 0.1) is 15.4 Å². The Balaban J connectivity index is 2.05. The largest absolute Gasteiger partial charge is 0.337 e. The lowest BCUT2D eigenvalue weighted by atomic mass is 10.3. The van der Waals surface area contributed by atoms with E-state index in [1.54, 1.807) is 36.5 Å². The topological polar surface area (TPSA) is 49.0 Å². The highest BCUT2D eigenvalue weighted by atomic mass is 35.5. The van der Waals surface area contributed by atoms with Crippen LogP contribution in [0.2, 0.25) is 4.34 Å². The van der Waals surface area contributed by atoms with E-state index in [9.17, 15) is 4.79 Å². The van der Waals surface area contributed by atoms with Crippen molar-refractivity contribution in [2.24, 2.45) is 0 Å². The predicted octanol–water partition coefficient (Wildman–Crippen LogP) is 2.40. The van der Waals surface area contributed by atoms with Crippen LogP contribution in [0.15, 0.2) is 24.5 Å². The highest BCUT2D eigenvalue weighted by Crippen LogP contribution is 2.22. The Labute approximate surface area is 102 Å². The van der Waals surface area contributed by atoms with Crippen LogP contribution in [-0.2, 0) is 6.54 Å². The molecule has 0 unspecified atom stereocenters. The van der Waals surface area contributed by atoms with Crippen molar-refractivity contribution < 1.29 is 4.79 Å². The van der Waals surface area contributed by atoms with E-state index in [1.807, 2.05) is 0 Å². The van der Waals surface area contributed by atoms with Gasteiger partial charge in [-0.3, -0.25) is 9.89 Å². The Morgan fingerprint density at radius 1 is 1.62 bits per heavy atom. The molecule has 0 fully saturated rings. The number of rotatable bonds is 3. The quantitative estimate of drug-likeness (QED) is 0.916.